The van der Waals surface area contributed by atoms with Crippen molar-refractivity contribution in [2.24, 2.45) is 0 Å². The number of fused-ring (bicyclic) bond motifs is 1. The van der Waals surface area contributed by atoms with Gasteiger partial charge in [-0.1, -0.05) is 42.5 Å². The molecule has 2 N–H and O–H groups in total. The van der Waals surface area contributed by atoms with Crippen LogP contribution in [0.15, 0.2) is 54.6 Å². The molecule has 0 amide bonds. The summed E-state index contributed by atoms with van der Waals surface area (Å²) in [6, 6.07) is 16.5. The number of aliphatic hydroxyl groups is 1. The average Bonchev–Trinajstić information content (AvgIpc) is 2.64. The van der Waals surface area contributed by atoms with Gasteiger partial charge in [0.25, 0.3) is 0 Å². The second-order valence-corrected chi connectivity index (χ2v) is 6.74. The molecule has 3 rings (SSSR count). The van der Waals surface area contributed by atoms with Gasteiger partial charge in [-0.2, -0.15) is 13.2 Å². The molecule has 2 aromatic carbocycles. The highest BCUT2D eigenvalue weighted by Crippen LogP contribution is 2.42. The van der Waals surface area contributed by atoms with Crippen molar-refractivity contribution in [2.45, 2.75) is 24.9 Å². The van der Waals surface area contributed by atoms with Crippen molar-refractivity contribution in [3.8, 4) is 0 Å². The SMILES string of the molecule is CNC(c1ccccc1)(C(C)O)N1CCN(CC(F)(F)F)c2ccccc21. The van der Waals surface area contributed by atoms with E-state index in [2.05, 4.69) is 5.32 Å². The molecular formula is C20H24F3N3O. The number of benzene rings is 2. The summed E-state index contributed by atoms with van der Waals surface area (Å²) in [6.45, 7) is 1.24. The summed E-state index contributed by atoms with van der Waals surface area (Å²) < 4.78 is 39.1. The Hall–Kier alpha value is -2.25. The van der Waals surface area contributed by atoms with Gasteiger partial charge in [0.05, 0.1) is 17.5 Å². The van der Waals surface area contributed by atoms with Crippen molar-refractivity contribution in [3.05, 3.63) is 60.2 Å². The molecule has 0 spiro atoms. The highest BCUT2D eigenvalue weighted by Gasteiger charge is 2.45. The summed E-state index contributed by atoms with van der Waals surface area (Å²) in [4.78, 5) is 3.31. The second-order valence-electron chi connectivity index (χ2n) is 6.74. The lowest BCUT2D eigenvalue weighted by atomic mass is 9.90. The third kappa shape index (κ3) is 3.61. The minimum absolute atomic E-state index is 0.208. The minimum atomic E-state index is -4.28. The summed E-state index contributed by atoms with van der Waals surface area (Å²) in [7, 11) is 1.75. The Morgan fingerprint density at radius 3 is 2.15 bits per heavy atom. The normalized spacial score (nSPS) is 18.0. The Kier molecular flexibility index (Phi) is 5.35. The second kappa shape index (κ2) is 7.40. The van der Waals surface area contributed by atoms with E-state index >= 15 is 0 Å². The quantitative estimate of drug-likeness (QED) is 0.836. The molecule has 1 aliphatic heterocycles. The lowest BCUT2D eigenvalue weighted by Gasteiger charge is -2.51. The number of nitrogens with zero attached hydrogens (tertiary/aromatic N) is 2. The summed E-state index contributed by atoms with van der Waals surface area (Å²) in [5.74, 6) is 0. The van der Waals surface area contributed by atoms with Crippen LogP contribution in [0, 0.1) is 0 Å². The van der Waals surface area contributed by atoms with Gasteiger partial charge >= 0.3 is 6.18 Å². The zero-order valence-electron chi connectivity index (χ0n) is 15.4. The fourth-order valence-electron chi connectivity index (χ4n) is 3.97. The first-order valence-corrected chi connectivity index (χ1v) is 8.90. The lowest BCUT2D eigenvalue weighted by Crippen LogP contribution is -2.64. The maximum atomic E-state index is 13.0. The highest BCUT2D eigenvalue weighted by atomic mass is 19.4. The van der Waals surface area contributed by atoms with Gasteiger partial charge in [-0.3, -0.25) is 5.32 Å². The predicted molar refractivity (Wildman–Crippen MR) is 101 cm³/mol. The van der Waals surface area contributed by atoms with E-state index in [1.807, 2.05) is 35.2 Å². The van der Waals surface area contributed by atoms with E-state index in [4.69, 9.17) is 0 Å². The summed E-state index contributed by atoms with van der Waals surface area (Å²) >= 11 is 0. The fraction of sp³-hybridized carbons (Fsp3) is 0.400. The Morgan fingerprint density at radius 1 is 1.00 bits per heavy atom. The van der Waals surface area contributed by atoms with Crippen molar-refractivity contribution in [1.82, 2.24) is 5.32 Å². The van der Waals surface area contributed by atoms with Gasteiger partial charge < -0.3 is 14.9 Å². The first-order chi connectivity index (χ1) is 12.8. The van der Waals surface area contributed by atoms with Gasteiger partial charge in [-0.05, 0) is 31.7 Å². The van der Waals surface area contributed by atoms with Crippen LogP contribution >= 0.6 is 0 Å². The molecule has 4 nitrogen and oxygen atoms in total. The van der Waals surface area contributed by atoms with Crippen LogP contribution in [-0.4, -0.2) is 44.1 Å². The average molecular weight is 379 g/mol. The number of aliphatic hydroxyl groups excluding tert-OH is 1. The zero-order valence-corrected chi connectivity index (χ0v) is 15.4. The third-order valence-corrected chi connectivity index (χ3v) is 5.10. The van der Waals surface area contributed by atoms with E-state index in [0.29, 0.717) is 17.9 Å². The molecule has 0 saturated heterocycles. The van der Waals surface area contributed by atoms with E-state index in [1.165, 1.54) is 4.90 Å². The molecule has 0 bridgehead atoms. The van der Waals surface area contributed by atoms with Crippen molar-refractivity contribution in [3.63, 3.8) is 0 Å². The number of nitrogens with one attached hydrogen (secondary N) is 1. The molecule has 7 heteroatoms. The minimum Gasteiger partial charge on any atom is -0.389 e. The van der Waals surface area contributed by atoms with Crippen molar-refractivity contribution in [2.75, 3.05) is 36.5 Å². The molecule has 0 fully saturated rings. The topological polar surface area (TPSA) is 38.7 Å². The van der Waals surface area contributed by atoms with Crippen LogP contribution in [0.4, 0.5) is 24.5 Å². The van der Waals surface area contributed by atoms with Crippen LogP contribution in [0.1, 0.15) is 12.5 Å². The first kappa shape index (κ1) is 19.5. The van der Waals surface area contributed by atoms with Crippen molar-refractivity contribution < 1.29 is 18.3 Å². The Bertz CT molecular complexity index is 767. The summed E-state index contributed by atoms with van der Waals surface area (Å²) in [5.41, 5.74) is 1.06. The summed E-state index contributed by atoms with van der Waals surface area (Å²) in [5, 5.41) is 14.0. The van der Waals surface area contributed by atoms with E-state index < -0.39 is 24.5 Å². The largest absolute Gasteiger partial charge is 0.405 e. The molecule has 2 unspecified atom stereocenters. The van der Waals surface area contributed by atoms with E-state index in [9.17, 15) is 18.3 Å². The van der Waals surface area contributed by atoms with Crippen LogP contribution in [0.3, 0.4) is 0 Å². The van der Waals surface area contributed by atoms with Gasteiger partial charge in [0.2, 0.25) is 0 Å². The predicted octanol–water partition coefficient (Wildman–Crippen LogP) is 3.33. The van der Waals surface area contributed by atoms with Crippen LogP contribution in [-0.2, 0) is 5.66 Å². The molecule has 0 aliphatic carbocycles. The fourth-order valence-corrected chi connectivity index (χ4v) is 3.97. The number of alkyl halides is 3. The molecule has 0 radical (unpaired) electrons. The number of hydrogen-bond acceptors (Lipinski definition) is 4. The van der Waals surface area contributed by atoms with Crippen LogP contribution in [0.25, 0.3) is 0 Å². The molecule has 1 heterocycles. The van der Waals surface area contributed by atoms with E-state index in [1.54, 1.807) is 38.2 Å². The lowest BCUT2D eigenvalue weighted by molar-refractivity contribution is -0.119. The maximum absolute atomic E-state index is 13.0. The molecular weight excluding hydrogens is 355 g/mol. The summed E-state index contributed by atoms with van der Waals surface area (Å²) in [6.07, 6.45) is -5.09. The Morgan fingerprint density at radius 2 is 1.59 bits per heavy atom. The van der Waals surface area contributed by atoms with Gasteiger partial charge in [-0.25, -0.2) is 0 Å². The first-order valence-electron chi connectivity index (χ1n) is 8.90. The van der Waals surface area contributed by atoms with E-state index in [-0.39, 0.29) is 6.54 Å². The zero-order chi connectivity index (χ0) is 19.7. The number of hydrogen-bond donors (Lipinski definition) is 2. The third-order valence-electron chi connectivity index (χ3n) is 5.10. The Labute approximate surface area is 157 Å². The number of likely N-dealkylation sites (N-methyl/N-ethyl adjacent to an activating group) is 1. The van der Waals surface area contributed by atoms with Crippen molar-refractivity contribution >= 4 is 11.4 Å². The number of para-hydroxylation sites is 2. The van der Waals surface area contributed by atoms with Gasteiger partial charge in [0, 0.05) is 13.1 Å². The van der Waals surface area contributed by atoms with Crippen LogP contribution in [0.2, 0.25) is 0 Å². The Balaban J connectivity index is 2.10. The molecule has 1 aliphatic rings. The standard InChI is InChI=1S/C20H24F3N3O/c1-15(27)20(24-2,16-8-4-3-5-9-16)26-13-12-25(14-19(21,22)23)17-10-6-7-11-18(17)26/h3-11,15,24,27H,12-14H2,1-2H3. The number of halogens is 3. The molecule has 27 heavy (non-hydrogen) atoms. The number of rotatable bonds is 5. The molecule has 146 valence electrons. The molecule has 0 saturated carbocycles. The van der Waals surface area contributed by atoms with Gasteiger partial charge in [-0.15, -0.1) is 0 Å². The molecule has 2 atom stereocenters. The van der Waals surface area contributed by atoms with Gasteiger partial charge in [0.1, 0.15) is 12.2 Å². The smallest absolute Gasteiger partial charge is 0.389 e. The van der Waals surface area contributed by atoms with Crippen molar-refractivity contribution in [1.29, 1.82) is 0 Å². The highest BCUT2D eigenvalue weighted by molar-refractivity contribution is 5.75. The number of anilines is 2. The molecule has 0 aromatic heterocycles. The molecule has 2 aromatic rings. The monoisotopic (exact) mass is 379 g/mol. The van der Waals surface area contributed by atoms with Crippen LogP contribution < -0.4 is 15.1 Å². The maximum Gasteiger partial charge on any atom is 0.405 e. The van der Waals surface area contributed by atoms with Crippen LogP contribution in [0.5, 0.6) is 0 Å². The van der Waals surface area contributed by atoms with Gasteiger partial charge in [0.15, 0.2) is 0 Å². The van der Waals surface area contributed by atoms with E-state index in [0.717, 1.165) is 5.56 Å².